The molecule has 0 unspecified atom stereocenters. The number of methoxy groups -OCH3 is 1. The van der Waals surface area contributed by atoms with Crippen LogP contribution in [0.4, 0.5) is 5.69 Å². The van der Waals surface area contributed by atoms with Crippen molar-refractivity contribution in [1.29, 1.82) is 0 Å². The lowest BCUT2D eigenvalue weighted by Crippen LogP contribution is -2.07. The number of esters is 1. The van der Waals surface area contributed by atoms with Crippen LogP contribution in [-0.4, -0.2) is 19.5 Å². The Balaban J connectivity index is 3.27. The predicted molar refractivity (Wildman–Crippen MR) is 57.5 cm³/mol. The normalized spacial score (nSPS) is 9.53. The minimum Gasteiger partial charge on any atom is -0.465 e. The summed E-state index contributed by atoms with van der Waals surface area (Å²) in [6, 6.07) is 2.71. The van der Waals surface area contributed by atoms with Gasteiger partial charge in [-0.05, 0) is 12.1 Å². The van der Waals surface area contributed by atoms with Gasteiger partial charge in [0.25, 0.3) is 0 Å². The second-order valence-corrected chi connectivity index (χ2v) is 3.38. The summed E-state index contributed by atoms with van der Waals surface area (Å²) in [6.07, 6.45) is 0.437. The van der Waals surface area contributed by atoms with Gasteiger partial charge in [0.15, 0.2) is 0 Å². The highest BCUT2D eigenvalue weighted by molar-refractivity contribution is 6.42. The van der Waals surface area contributed by atoms with Crippen LogP contribution >= 0.6 is 23.2 Å². The third kappa shape index (κ3) is 2.61. The maximum Gasteiger partial charge on any atom is 0.340 e. The first kappa shape index (κ1) is 11.8. The Hall–Kier alpha value is -1.26. The zero-order chi connectivity index (χ0) is 11.4. The van der Waals surface area contributed by atoms with Crippen LogP contribution in [0.1, 0.15) is 10.4 Å². The fourth-order valence-corrected chi connectivity index (χ4v) is 1.34. The van der Waals surface area contributed by atoms with E-state index in [4.69, 9.17) is 23.2 Å². The molecule has 0 aliphatic heterocycles. The number of carbonyl (C=O) groups excluding carboxylic acids is 2. The molecule has 0 aliphatic carbocycles. The van der Waals surface area contributed by atoms with Crippen LogP contribution < -0.4 is 5.32 Å². The van der Waals surface area contributed by atoms with E-state index < -0.39 is 5.97 Å². The standard InChI is InChI=1S/C9H7Cl2NO3/c1-15-9(14)5-2-6(10)7(11)3-8(5)12-4-13/h2-4H,1H3,(H,12,13). The number of rotatable bonds is 3. The summed E-state index contributed by atoms with van der Waals surface area (Å²) >= 11 is 11.5. The van der Waals surface area contributed by atoms with Gasteiger partial charge in [-0.2, -0.15) is 0 Å². The summed E-state index contributed by atoms with van der Waals surface area (Å²) in [4.78, 5) is 21.6. The molecule has 0 saturated carbocycles. The lowest BCUT2D eigenvalue weighted by molar-refractivity contribution is -0.105. The summed E-state index contributed by atoms with van der Waals surface area (Å²) in [5.74, 6) is -0.599. The van der Waals surface area contributed by atoms with Crippen LogP contribution in [0.2, 0.25) is 10.0 Å². The van der Waals surface area contributed by atoms with Crippen LogP contribution in [0.3, 0.4) is 0 Å². The van der Waals surface area contributed by atoms with Crippen molar-refractivity contribution in [2.75, 3.05) is 12.4 Å². The third-order valence-electron chi connectivity index (χ3n) is 1.68. The molecule has 80 valence electrons. The first-order valence-electron chi connectivity index (χ1n) is 3.87. The van der Waals surface area contributed by atoms with Gasteiger partial charge in [-0.15, -0.1) is 0 Å². The summed E-state index contributed by atoms with van der Waals surface area (Å²) in [5, 5.41) is 2.80. The summed E-state index contributed by atoms with van der Waals surface area (Å²) in [5.41, 5.74) is 0.408. The Labute approximate surface area is 96.1 Å². The molecule has 1 rings (SSSR count). The molecule has 0 spiro atoms. The van der Waals surface area contributed by atoms with Gasteiger partial charge in [0.05, 0.1) is 28.4 Å². The van der Waals surface area contributed by atoms with Gasteiger partial charge < -0.3 is 10.1 Å². The largest absolute Gasteiger partial charge is 0.465 e. The van der Waals surface area contributed by atoms with Crippen molar-refractivity contribution in [3.8, 4) is 0 Å². The molecule has 0 bridgehead atoms. The molecule has 0 radical (unpaired) electrons. The van der Waals surface area contributed by atoms with Gasteiger partial charge in [-0.1, -0.05) is 23.2 Å². The van der Waals surface area contributed by atoms with Gasteiger partial charge >= 0.3 is 5.97 Å². The number of hydrogen-bond donors (Lipinski definition) is 1. The molecule has 0 aromatic heterocycles. The van der Waals surface area contributed by atoms with Gasteiger partial charge in [0.2, 0.25) is 6.41 Å². The summed E-state index contributed by atoms with van der Waals surface area (Å²) < 4.78 is 4.52. The first-order valence-corrected chi connectivity index (χ1v) is 4.63. The van der Waals surface area contributed by atoms with Crippen LogP contribution in [0.15, 0.2) is 12.1 Å². The molecular weight excluding hydrogens is 241 g/mol. The van der Waals surface area contributed by atoms with E-state index in [1.54, 1.807) is 0 Å². The lowest BCUT2D eigenvalue weighted by Gasteiger charge is -2.07. The van der Waals surface area contributed by atoms with Crippen molar-refractivity contribution < 1.29 is 14.3 Å². The van der Waals surface area contributed by atoms with E-state index in [1.165, 1.54) is 19.2 Å². The van der Waals surface area contributed by atoms with Crippen molar-refractivity contribution in [3.63, 3.8) is 0 Å². The lowest BCUT2D eigenvalue weighted by atomic mass is 10.2. The van der Waals surface area contributed by atoms with E-state index in [9.17, 15) is 9.59 Å². The fraction of sp³-hybridized carbons (Fsp3) is 0.111. The topological polar surface area (TPSA) is 55.4 Å². The number of nitrogens with one attached hydrogen (secondary N) is 1. The number of hydrogen-bond acceptors (Lipinski definition) is 3. The molecule has 0 saturated heterocycles. The predicted octanol–water partition coefficient (Wildman–Crippen LogP) is 2.35. The van der Waals surface area contributed by atoms with Gasteiger partial charge in [-0.25, -0.2) is 4.79 Å². The van der Waals surface area contributed by atoms with Crippen molar-refractivity contribution >= 4 is 41.3 Å². The van der Waals surface area contributed by atoms with Gasteiger partial charge in [-0.3, -0.25) is 4.79 Å². The molecule has 1 N–H and O–H groups in total. The number of halogens is 2. The quantitative estimate of drug-likeness (QED) is 0.659. The smallest absolute Gasteiger partial charge is 0.340 e. The molecule has 0 aliphatic rings. The highest BCUT2D eigenvalue weighted by atomic mass is 35.5. The first-order chi connectivity index (χ1) is 7.10. The SMILES string of the molecule is COC(=O)c1cc(Cl)c(Cl)cc1NC=O. The van der Waals surface area contributed by atoms with Crippen molar-refractivity contribution in [2.45, 2.75) is 0 Å². The molecule has 15 heavy (non-hydrogen) atoms. The van der Waals surface area contributed by atoms with Crippen LogP contribution in [-0.2, 0) is 9.53 Å². The molecule has 6 heteroatoms. The molecule has 4 nitrogen and oxygen atoms in total. The zero-order valence-electron chi connectivity index (χ0n) is 7.71. The molecule has 0 heterocycles. The number of ether oxygens (including phenoxy) is 1. The Kier molecular flexibility index (Phi) is 3.94. The minimum atomic E-state index is -0.599. The van der Waals surface area contributed by atoms with E-state index in [2.05, 4.69) is 10.1 Å². The van der Waals surface area contributed by atoms with E-state index >= 15 is 0 Å². The second kappa shape index (κ2) is 5.00. The molecule has 0 fully saturated rings. The Morgan fingerprint density at radius 1 is 1.40 bits per heavy atom. The van der Waals surface area contributed by atoms with E-state index in [-0.39, 0.29) is 21.3 Å². The van der Waals surface area contributed by atoms with Crippen LogP contribution in [0.5, 0.6) is 0 Å². The molecular formula is C9H7Cl2NO3. The van der Waals surface area contributed by atoms with Crippen molar-refractivity contribution in [1.82, 2.24) is 0 Å². The summed E-state index contributed by atoms with van der Waals surface area (Å²) in [6.45, 7) is 0. The second-order valence-electron chi connectivity index (χ2n) is 2.57. The number of benzene rings is 1. The Morgan fingerprint density at radius 3 is 2.53 bits per heavy atom. The highest BCUT2D eigenvalue weighted by Gasteiger charge is 2.14. The van der Waals surface area contributed by atoms with Crippen molar-refractivity contribution in [3.05, 3.63) is 27.7 Å². The number of amides is 1. The van der Waals surface area contributed by atoms with Gasteiger partial charge in [0, 0.05) is 0 Å². The third-order valence-corrected chi connectivity index (χ3v) is 2.40. The van der Waals surface area contributed by atoms with Gasteiger partial charge in [0.1, 0.15) is 0 Å². The van der Waals surface area contributed by atoms with Crippen molar-refractivity contribution in [2.24, 2.45) is 0 Å². The Bertz CT molecular complexity index is 407. The minimum absolute atomic E-state index is 0.152. The molecule has 0 atom stereocenters. The van der Waals surface area contributed by atoms with E-state index in [0.29, 0.717) is 6.41 Å². The van der Waals surface area contributed by atoms with E-state index in [0.717, 1.165) is 0 Å². The molecule has 1 aromatic carbocycles. The highest BCUT2D eigenvalue weighted by Crippen LogP contribution is 2.29. The molecule has 1 aromatic rings. The average molecular weight is 248 g/mol. The van der Waals surface area contributed by atoms with Crippen LogP contribution in [0.25, 0.3) is 0 Å². The Morgan fingerprint density at radius 2 is 2.00 bits per heavy atom. The number of anilines is 1. The van der Waals surface area contributed by atoms with E-state index in [1.807, 2.05) is 0 Å². The van der Waals surface area contributed by atoms with Crippen LogP contribution in [0, 0.1) is 0 Å². The average Bonchev–Trinajstić information content (AvgIpc) is 2.22. The summed E-state index contributed by atoms with van der Waals surface area (Å²) in [7, 11) is 1.23. The zero-order valence-corrected chi connectivity index (χ0v) is 9.22. The number of carbonyl (C=O) groups is 2. The molecule has 1 amide bonds. The fourth-order valence-electron chi connectivity index (χ4n) is 1.01. The maximum atomic E-state index is 11.3. The monoisotopic (exact) mass is 247 g/mol. The maximum absolute atomic E-state index is 11.3.